The van der Waals surface area contributed by atoms with Crippen LogP contribution in [0.1, 0.15) is 25.3 Å². The highest BCUT2D eigenvalue weighted by Crippen LogP contribution is 2.16. The van der Waals surface area contributed by atoms with Gasteiger partial charge in [-0.05, 0) is 12.8 Å². The van der Waals surface area contributed by atoms with Gasteiger partial charge in [-0.15, -0.1) is 0 Å². The molecule has 1 aliphatic heterocycles. The summed E-state index contributed by atoms with van der Waals surface area (Å²) in [6.07, 6.45) is 6.29. The number of amidine groups is 1. The van der Waals surface area contributed by atoms with Crippen LogP contribution in [0.15, 0.2) is 17.4 Å². The van der Waals surface area contributed by atoms with Crippen LogP contribution in [0, 0.1) is 0 Å². The quantitative estimate of drug-likeness (QED) is 0.873. The molecule has 0 radical (unpaired) electrons. The highest BCUT2D eigenvalue weighted by Gasteiger charge is 2.15. The molecule has 1 aliphatic rings. The van der Waals surface area contributed by atoms with Crippen molar-refractivity contribution in [3.05, 3.63) is 18.0 Å². The molecule has 0 aliphatic carbocycles. The van der Waals surface area contributed by atoms with E-state index >= 15 is 0 Å². The molecule has 2 heterocycles. The second-order valence-electron chi connectivity index (χ2n) is 4.03. The summed E-state index contributed by atoms with van der Waals surface area (Å²) >= 11 is 1.82. The molecule has 0 aromatic carbocycles. The van der Waals surface area contributed by atoms with Crippen LogP contribution in [-0.2, 0) is 13.6 Å². The molecule has 1 N–H and O–H groups in total. The normalized spacial score (nSPS) is 23.4. The van der Waals surface area contributed by atoms with E-state index in [1.807, 2.05) is 35.9 Å². The number of thioether (sulfide) groups is 1. The zero-order valence-corrected chi connectivity index (χ0v) is 10.6. The maximum atomic E-state index is 4.58. The van der Waals surface area contributed by atoms with Crippen molar-refractivity contribution in [2.45, 2.75) is 32.4 Å². The molecule has 1 aromatic heterocycles. The van der Waals surface area contributed by atoms with E-state index in [9.17, 15) is 0 Å². The van der Waals surface area contributed by atoms with Crippen LogP contribution in [-0.4, -0.2) is 26.7 Å². The van der Waals surface area contributed by atoms with Crippen molar-refractivity contribution in [2.75, 3.05) is 5.75 Å². The molecular weight excluding hydrogens is 220 g/mol. The lowest BCUT2D eigenvalue weighted by Crippen LogP contribution is -2.37. The molecule has 1 atom stereocenters. The summed E-state index contributed by atoms with van der Waals surface area (Å²) in [5.41, 5.74) is 1.16. The van der Waals surface area contributed by atoms with Gasteiger partial charge in [0.05, 0.1) is 12.7 Å². The SMILES string of the molecule is CCC1CCSC(=NCc2cnn(C)c2)N1. The number of hydrogen-bond donors (Lipinski definition) is 1. The van der Waals surface area contributed by atoms with Crippen LogP contribution in [0.4, 0.5) is 0 Å². The highest BCUT2D eigenvalue weighted by atomic mass is 32.2. The number of aliphatic imine (C=N–C) groups is 1. The second kappa shape index (κ2) is 5.39. The third kappa shape index (κ3) is 3.01. The largest absolute Gasteiger partial charge is 0.362 e. The minimum Gasteiger partial charge on any atom is -0.362 e. The zero-order valence-electron chi connectivity index (χ0n) is 9.81. The second-order valence-corrected chi connectivity index (χ2v) is 5.11. The lowest BCUT2D eigenvalue weighted by Gasteiger charge is -2.24. The summed E-state index contributed by atoms with van der Waals surface area (Å²) in [4.78, 5) is 4.58. The van der Waals surface area contributed by atoms with Gasteiger partial charge in [0.25, 0.3) is 0 Å². The maximum absolute atomic E-state index is 4.58. The molecule has 0 spiro atoms. The van der Waals surface area contributed by atoms with E-state index in [0.29, 0.717) is 6.04 Å². The third-order valence-corrected chi connectivity index (χ3v) is 3.65. The first-order chi connectivity index (χ1) is 7.78. The van der Waals surface area contributed by atoms with Gasteiger partial charge in [0.1, 0.15) is 0 Å². The summed E-state index contributed by atoms with van der Waals surface area (Å²) in [6.45, 7) is 2.94. The Morgan fingerprint density at radius 1 is 1.69 bits per heavy atom. The van der Waals surface area contributed by atoms with Gasteiger partial charge in [0.2, 0.25) is 0 Å². The van der Waals surface area contributed by atoms with Crippen LogP contribution < -0.4 is 5.32 Å². The average molecular weight is 238 g/mol. The monoisotopic (exact) mass is 238 g/mol. The van der Waals surface area contributed by atoms with E-state index in [4.69, 9.17) is 0 Å². The molecule has 1 unspecified atom stereocenters. The van der Waals surface area contributed by atoms with Crippen LogP contribution in [0.25, 0.3) is 0 Å². The zero-order chi connectivity index (χ0) is 11.4. The fourth-order valence-electron chi connectivity index (χ4n) is 1.70. The summed E-state index contributed by atoms with van der Waals surface area (Å²) in [5.74, 6) is 1.18. The van der Waals surface area contributed by atoms with E-state index in [-0.39, 0.29) is 0 Å². The maximum Gasteiger partial charge on any atom is 0.157 e. The Bertz CT molecular complexity index is 372. The van der Waals surface area contributed by atoms with Crippen LogP contribution in [0.3, 0.4) is 0 Å². The molecule has 0 amide bonds. The lowest BCUT2D eigenvalue weighted by molar-refractivity contribution is 0.570. The number of hydrogen-bond acceptors (Lipinski definition) is 3. The van der Waals surface area contributed by atoms with Crippen molar-refractivity contribution < 1.29 is 0 Å². The Balaban J connectivity index is 1.91. The van der Waals surface area contributed by atoms with E-state index in [2.05, 4.69) is 22.3 Å². The van der Waals surface area contributed by atoms with Crippen molar-refractivity contribution >= 4 is 16.9 Å². The molecule has 16 heavy (non-hydrogen) atoms. The molecule has 1 saturated heterocycles. The van der Waals surface area contributed by atoms with Crippen molar-refractivity contribution in [3.63, 3.8) is 0 Å². The van der Waals surface area contributed by atoms with Gasteiger partial charge in [0, 0.05) is 30.6 Å². The fraction of sp³-hybridized carbons (Fsp3) is 0.636. The molecule has 1 aromatic rings. The molecule has 2 rings (SSSR count). The van der Waals surface area contributed by atoms with Gasteiger partial charge >= 0.3 is 0 Å². The molecular formula is C11H18N4S. The summed E-state index contributed by atoms with van der Waals surface area (Å²) in [5, 5.41) is 8.68. The van der Waals surface area contributed by atoms with Crippen molar-refractivity contribution in [2.24, 2.45) is 12.0 Å². The van der Waals surface area contributed by atoms with Gasteiger partial charge in [-0.1, -0.05) is 18.7 Å². The van der Waals surface area contributed by atoms with Gasteiger partial charge in [-0.2, -0.15) is 5.10 Å². The molecule has 4 nitrogen and oxygen atoms in total. The molecule has 88 valence electrons. The molecule has 0 saturated carbocycles. The van der Waals surface area contributed by atoms with Gasteiger partial charge in [0.15, 0.2) is 5.17 Å². The standard InChI is InChI=1S/C11H18N4S/c1-3-10-4-5-16-11(14-10)12-6-9-7-13-15(2)8-9/h7-8,10H,3-6H2,1-2H3,(H,12,14). The van der Waals surface area contributed by atoms with E-state index in [1.54, 1.807) is 0 Å². The van der Waals surface area contributed by atoms with Gasteiger partial charge in [-0.25, -0.2) is 0 Å². The molecule has 0 bridgehead atoms. The summed E-state index contributed by atoms with van der Waals surface area (Å²) in [6, 6.07) is 0.605. The Kier molecular flexibility index (Phi) is 3.88. The van der Waals surface area contributed by atoms with Crippen LogP contribution in [0.2, 0.25) is 0 Å². The number of rotatable bonds is 3. The van der Waals surface area contributed by atoms with Gasteiger partial charge in [-0.3, -0.25) is 9.67 Å². The molecule has 1 fully saturated rings. The Morgan fingerprint density at radius 3 is 3.25 bits per heavy atom. The average Bonchev–Trinajstić information content (AvgIpc) is 2.73. The first-order valence-corrected chi connectivity index (χ1v) is 6.68. The highest BCUT2D eigenvalue weighted by molar-refractivity contribution is 8.13. The number of nitrogens with zero attached hydrogens (tertiary/aromatic N) is 3. The van der Waals surface area contributed by atoms with Crippen molar-refractivity contribution in [1.82, 2.24) is 15.1 Å². The summed E-state index contributed by atoms with van der Waals surface area (Å²) in [7, 11) is 1.93. The lowest BCUT2D eigenvalue weighted by atomic mass is 10.2. The van der Waals surface area contributed by atoms with Crippen molar-refractivity contribution in [3.8, 4) is 0 Å². The van der Waals surface area contributed by atoms with Crippen LogP contribution in [0.5, 0.6) is 0 Å². The summed E-state index contributed by atoms with van der Waals surface area (Å²) < 4.78 is 1.81. The smallest absolute Gasteiger partial charge is 0.157 e. The topological polar surface area (TPSA) is 42.2 Å². The Morgan fingerprint density at radius 2 is 2.56 bits per heavy atom. The first kappa shape index (κ1) is 11.5. The third-order valence-electron chi connectivity index (χ3n) is 2.69. The minimum absolute atomic E-state index is 0.605. The van der Waals surface area contributed by atoms with E-state index < -0.39 is 0 Å². The number of aromatic nitrogens is 2. The van der Waals surface area contributed by atoms with Crippen LogP contribution >= 0.6 is 11.8 Å². The van der Waals surface area contributed by atoms with E-state index in [0.717, 1.165) is 17.3 Å². The predicted molar refractivity (Wildman–Crippen MR) is 68.6 cm³/mol. The minimum atomic E-state index is 0.605. The predicted octanol–water partition coefficient (Wildman–Crippen LogP) is 1.78. The van der Waals surface area contributed by atoms with E-state index in [1.165, 1.54) is 18.6 Å². The molecule has 5 heteroatoms. The Labute approximate surface area is 101 Å². The number of aryl methyl sites for hydroxylation is 1. The van der Waals surface area contributed by atoms with Crippen molar-refractivity contribution in [1.29, 1.82) is 0 Å². The number of nitrogens with one attached hydrogen (secondary N) is 1. The fourth-order valence-corrected chi connectivity index (χ4v) is 2.70. The Hall–Kier alpha value is -0.970. The van der Waals surface area contributed by atoms with Gasteiger partial charge < -0.3 is 5.32 Å². The first-order valence-electron chi connectivity index (χ1n) is 5.69.